The van der Waals surface area contributed by atoms with Crippen LogP contribution >= 0.6 is 0 Å². The smallest absolute Gasteiger partial charge is 0.258 e. The van der Waals surface area contributed by atoms with E-state index in [4.69, 9.17) is 23.5 Å². The van der Waals surface area contributed by atoms with E-state index < -0.39 is 0 Å². The molecular formula is C90H59N9O3. The van der Waals surface area contributed by atoms with Crippen LogP contribution in [0, 0.1) is 0 Å². The Morgan fingerprint density at radius 2 is 0.500 bits per heavy atom. The number of para-hydroxylation sites is 6. The van der Waals surface area contributed by atoms with Gasteiger partial charge in [0.2, 0.25) is 17.5 Å². The highest BCUT2D eigenvalue weighted by Crippen LogP contribution is 2.38. The molecule has 0 radical (unpaired) electrons. The third-order valence-corrected chi connectivity index (χ3v) is 18.6. The Labute approximate surface area is 585 Å². The average molecular weight is 1310 g/mol. The van der Waals surface area contributed by atoms with Crippen molar-refractivity contribution in [1.29, 1.82) is 0 Å². The second kappa shape index (κ2) is 26.4. The lowest BCUT2D eigenvalue weighted by Gasteiger charge is -2.08. The van der Waals surface area contributed by atoms with Crippen LogP contribution in [0.2, 0.25) is 0 Å². The zero-order chi connectivity index (χ0) is 67.7. The average Bonchev–Trinajstić information content (AvgIpc) is 1.61. The van der Waals surface area contributed by atoms with Crippen molar-refractivity contribution in [3.63, 3.8) is 0 Å². The highest BCUT2D eigenvalue weighted by molar-refractivity contribution is 6.11. The van der Waals surface area contributed by atoms with Crippen LogP contribution < -0.4 is 0 Å². The normalized spacial score (nSPS) is 11.3. The number of fused-ring (bicyclic) bond motifs is 9. The van der Waals surface area contributed by atoms with Crippen LogP contribution in [0.4, 0.5) is 0 Å². The quantitative estimate of drug-likeness (QED) is 0.124. The summed E-state index contributed by atoms with van der Waals surface area (Å²) < 4.78 is 23.8. The summed E-state index contributed by atoms with van der Waals surface area (Å²) in [7, 11) is 0. The van der Waals surface area contributed by atoms with Gasteiger partial charge in [0.25, 0.3) is 17.7 Å². The predicted molar refractivity (Wildman–Crippen MR) is 409 cm³/mol. The van der Waals surface area contributed by atoms with Crippen LogP contribution in [0.1, 0.15) is 0 Å². The van der Waals surface area contributed by atoms with Gasteiger partial charge in [0.15, 0.2) is 0 Å². The number of aromatic nitrogens is 9. The Morgan fingerprint density at radius 1 is 0.186 bits per heavy atom. The zero-order valence-corrected chi connectivity index (χ0v) is 54.8. The van der Waals surface area contributed by atoms with Crippen molar-refractivity contribution in [3.05, 3.63) is 358 Å². The van der Waals surface area contributed by atoms with Crippen LogP contribution in [-0.4, -0.2) is 44.1 Å². The lowest BCUT2D eigenvalue weighted by atomic mass is 9.99. The van der Waals surface area contributed by atoms with Crippen LogP contribution in [0.25, 0.3) is 173 Å². The fourth-order valence-electron chi connectivity index (χ4n) is 13.9. The van der Waals surface area contributed by atoms with Crippen molar-refractivity contribution in [1.82, 2.24) is 44.1 Å². The molecule has 12 nitrogen and oxygen atoms in total. The minimum absolute atomic E-state index is 0.502. The van der Waals surface area contributed by atoms with E-state index in [0.717, 1.165) is 72.7 Å². The number of rotatable bonds is 11. The van der Waals surface area contributed by atoms with Gasteiger partial charge in [-0.05, 0) is 131 Å². The van der Waals surface area contributed by atoms with E-state index in [9.17, 15) is 0 Å². The minimum atomic E-state index is 0.502. The van der Waals surface area contributed by atoms with Crippen molar-refractivity contribution >= 4 is 65.4 Å². The summed E-state index contributed by atoms with van der Waals surface area (Å²) in [4.78, 5) is 14.0. The summed E-state index contributed by atoms with van der Waals surface area (Å²) in [5, 5.41) is 20.2. The van der Waals surface area contributed by atoms with Crippen molar-refractivity contribution in [2.24, 2.45) is 0 Å². The monoisotopic (exact) mass is 1310 g/mol. The number of benzene rings is 14. The molecular weight excluding hydrogens is 1260 g/mol. The summed E-state index contributed by atoms with van der Waals surface area (Å²) in [5.41, 5.74) is 20.3. The molecule has 0 amide bonds. The molecule has 0 fully saturated rings. The second-order valence-electron chi connectivity index (χ2n) is 24.7. The van der Waals surface area contributed by atoms with Crippen molar-refractivity contribution < 1.29 is 13.6 Å². The van der Waals surface area contributed by atoms with Crippen LogP contribution in [-0.2, 0) is 0 Å². The van der Waals surface area contributed by atoms with Gasteiger partial charge >= 0.3 is 0 Å². The third kappa shape index (κ3) is 11.3. The van der Waals surface area contributed by atoms with E-state index in [2.05, 4.69) is 259 Å². The maximum Gasteiger partial charge on any atom is 0.258 e. The van der Waals surface area contributed by atoms with Crippen molar-refractivity contribution in [2.45, 2.75) is 0 Å². The highest BCUT2D eigenvalue weighted by Gasteiger charge is 2.20. The third-order valence-electron chi connectivity index (χ3n) is 18.6. The van der Waals surface area contributed by atoms with Gasteiger partial charge in [0.05, 0.1) is 33.1 Å². The molecule has 20 rings (SSSR count). The number of hydrogen-bond acceptors (Lipinski definition) is 9. The zero-order valence-electron chi connectivity index (χ0n) is 54.8. The SMILES string of the molecule is c1ccc(-c2cccc(-c3noc(-c4ccc(-n5c6ccccc6c6ccccc65)cc4)n3)c2)cc1.c1ccc(-c2ccccc2-c2noc(-c3ccc(-n4c5ccccc5c5ccccc54)cc3)n2)cc1.c1ccc(-c2noc(-c3cccc(-n4c5ccccc5c5ccccc54)c3)n2)cc1. The summed E-state index contributed by atoms with van der Waals surface area (Å²) in [5.74, 6) is 3.26. The molecule has 12 heteroatoms. The topological polar surface area (TPSA) is 132 Å². The van der Waals surface area contributed by atoms with Crippen molar-refractivity contribution in [3.8, 4) is 108 Å². The van der Waals surface area contributed by atoms with Crippen LogP contribution in [0.5, 0.6) is 0 Å². The summed E-state index contributed by atoms with van der Waals surface area (Å²) in [6.07, 6.45) is 0. The summed E-state index contributed by atoms with van der Waals surface area (Å²) in [6, 6.07) is 123. The maximum absolute atomic E-state index is 5.70. The molecule has 482 valence electrons. The van der Waals surface area contributed by atoms with Crippen molar-refractivity contribution in [2.75, 3.05) is 0 Å². The fraction of sp³-hybridized carbons (Fsp3) is 0. The number of hydrogen-bond donors (Lipinski definition) is 0. The lowest BCUT2D eigenvalue weighted by molar-refractivity contribution is 0.432. The molecule has 0 atom stereocenters. The number of nitrogens with zero attached hydrogens (tertiary/aromatic N) is 9. The van der Waals surface area contributed by atoms with Gasteiger partial charge in [-0.2, -0.15) is 15.0 Å². The van der Waals surface area contributed by atoms with Gasteiger partial charge in [-0.25, -0.2) is 0 Å². The molecule has 0 spiro atoms. The first-order chi connectivity index (χ1) is 50.6. The largest absolute Gasteiger partial charge is 0.334 e. The van der Waals surface area contributed by atoms with E-state index in [-0.39, 0.29) is 0 Å². The van der Waals surface area contributed by atoms with Gasteiger partial charge in [-0.3, -0.25) is 0 Å². The standard InChI is InChI=1S/2C32H21N3O.C26H17N3O/c1-2-9-22(10-3-1)24-11-8-12-25(21-24)31-33-32(36-34-31)23-17-19-26(20-18-23)35-29-15-6-4-13-27(29)28-14-5-7-16-30(28)35;1-2-10-22(11-3-1)25-12-4-5-15-28(25)31-33-32(36-34-31)23-18-20-24(21-19-23)35-29-16-8-6-13-26(29)27-14-7-9-17-30(27)35;1-2-9-18(10-3-1)25-27-26(30-28-25)19-11-8-12-20(17-19)29-23-15-6-4-13-21(23)22-14-5-7-16-24(22)29/h2*1-21H;1-17H. The van der Waals surface area contributed by atoms with Gasteiger partial charge in [0, 0.05) is 82.8 Å². The van der Waals surface area contributed by atoms with Gasteiger partial charge < -0.3 is 27.3 Å². The van der Waals surface area contributed by atoms with E-state index in [0.29, 0.717) is 35.1 Å². The lowest BCUT2D eigenvalue weighted by Crippen LogP contribution is -1.94. The molecule has 0 unspecified atom stereocenters. The van der Waals surface area contributed by atoms with E-state index in [1.807, 2.05) is 133 Å². The molecule has 0 aliphatic rings. The molecule has 6 aromatic heterocycles. The van der Waals surface area contributed by atoms with Gasteiger partial charge in [-0.15, -0.1) is 0 Å². The Bertz CT molecular complexity index is 6230. The molecule has 0 aliphatic heterocycles. The van der Waals surface area contributed by atoms with Gasteiger partial charge in [0.1, 0.15) is 0 Å². The maximum atomic E-state index is 5.70. The first-order valence-corrected chi connectivity index (χ1v) is 33.7. The Balaban J connectivity index is 0.000000110. The second-order valence-corrected chi connectivity index (χ2v) is 24.7. The molecule has 0 saturated carbocycles. The molecule has 0 bridgehead atoms. The fourth-order valence-corrected chi connectivity index (χ4v) is 13.9. The van der Waals surface area contributed by atoms with Crippen LogP contribution in [0.15, 0.2) is 371 Å². The Morgan fingerprint density at radius 3 is 0.961 bits per heavy atom. The molecule has 0 saturated heterocycles. The predicted octanol–water partition coefficient (Wildman–Crippen LogP) is 22.8. The Hall–Kier alpha value is -14.1. The summed E-state index contributed by atoms with van der Waals surface area (Å²) in [6.45, 7) is 0. The first kappa shape index (κ1) is 60.3. The molecule has 102 heavy (non-hydrogen) atoms. The first-order valence-electron chi connectivity index (χ1n) is 33.7. The van der Waals surface area contributed by atoms with E-state index in [1.54, 1.807) is 0 Å². The molecule has 14 aromatic carbocycles. The van der Waals surface area contributed by atoms with Crippen LogP contribution in [0.3, 0.4) is 0 Å². The molecule has 0 N–H and O–H groups in total. The Kier molecular flexibility index (Phi) is 15.6. The molecule has 0 aliphatic carbocycles. The molecule has 20 aromatic rings. The van der Waals surface area contributed by atoms with E-state index >= 15 is 0 Å². The minimum Gasteiger partial charge on any atom is -0.334 e. The van der Waals surface area contributed by atoms with Gasteiger partial charge in [-0.1, -0.05) is 264 Å². The highest BCUT2D eigenvalue weighted by atomic mass is 16.5. The van der Waals surface area contributed by atoms with E-state index in [1.165, 1.54) is 65.4 Å². The molecule has 6 heterocycles. The summed E-state index contributed by atoms with van der Waals surface area (Å²) >= 11 is 0.